The van der Waals surface area contributed by atoms with Crippen molar-refractivity contribution in [2.75, 3.05) is 5.75 Å². The number of thiazole rings is 1. The molecule has 0 aliphatic carbocycles. The Kier molecular flexibility index (Phi) is 3.36. The summed E-state index contributed by atoms with van der Waals surface area (Å²) in [4.78, 5) is 7.43. The van der Waals surface area contributed by atoms with Gasteiger partial charge in [0.1, 0.15) is 0 Å². The van der Waals surface area contributed by atoms with Crippen LogP contribution in [0.15, 0.2) is 21.1 Å². The van der Waals surface area contributed by atoms with Gasteiger partial charge in [0.05, 0.1) is 4.70 Å². The molecule has 4 nitrogen and oxygen atoms in total. The van der Waals surface area contributed by atoms with E-state index in [0.717, 1.165) is 0 Å². The van der Waals surface area contributed by atoms with Crippen LogP contribution in [0.25, 0.3) is 10.3 Å². The molecule has 0 aliphatic heterocycles. The van der Waals surface area contributed by atoms with Crippen molar-refractivity contribution < 1.29 is 21.6 Å². The van der Waals surface area contributed by atoms with Crippen molar-refractivity contribution in [2.24, 2.45) is 0 Å². The number of sulfone groups is 1. The van der Waals surface area contributed by atoms with E-state index in [1.807, 2.05) is 0 Å². The third-order valence-electron chi connectivity index (χ3n) is 1.81. The minimum absolute atomic E-state index is 0.115. The van der Waals surface area contributed by atoms with Crippen LogP contribution in [0.4, 0.5) is 13.2 Å². The molecular weight excluding hydrogens is 357 g/mol. The molecule has 10 heteroatoms. The second-order valence-electron chi connectivity index (χ2n) is 3.33. The molecule has 0 atom stereocenters. The summed E-state index contributed by atoms with van der Waals surface area (Å²) in [6.07, 6.45) is -3.40. The molecule has 0 fully saturated rings. The lowest BCUT2D eigenvalue weighted by Gasteiger charge is -2.04. The van der Waals surface area contributed by atoms with Crippen LogP contribution in [-0.2, 0) is 9.84 Å². The van der Waals surface area contributed by atoms with Gasteiger partial charge < -0.3 is 0 Å². The van der Waals surface area contributed by atoms with E-state index in [-0.39, 0.29) is 5.65 Å². The topological polar surface area (TPSA) is 59.9 Å². The zero-order valence-electron chi connectivity index (χ0n) is 8.40. The molecule has 18 heavy (non-hydrogen) atoms. The number of hydrogen-bond acceptors (Lipinski definition) is 5. The van der Waals surface area contributed by atoms with E-state index in [2.05, 4.69) is 25.9 Å². The Labute approximate surface area is 112 Å². The SMILES string of the molecule is O=S(=O)(CC(F)(F)F)c1nc2ncc(Br)cc2s1. The van der Waals surface area contributed by atoms with Crippen molar-refractivity contribution in [3.05, 3.63) is 16.7 Å². The molecular formula is C8H4BrF3N2O2S2. The molecule has 2 aromatic heterocycles. The molecule has 0 amide bonds. The average Bonchev–Trinajstić information content (AvgIpc) is 2.57. The van der Waals surface area contributed by atoms with Crippen molar-refractivity contribution in [1.29, 1.82) is 0 Å². The van der Waals surface area contributed by atoms with Crippen molar-refractivity contribution >= 4 is 47.5 Å². The van der Waals surface area contributed by atoms with Crippen LogP contribution in [0.2, 0.25) is 0 Å². The number of aromatic nitrogens is 2. The minimum atomic E-state index is -4.79. The fourth-order valence-electron chi connectivity index (χ4n) is 1.19. The van der Waals surface area contributed by atoms with E-state index in [1.165, 1.54) is 6.20 Å². The van der Waals surface area contributed by atoms with Gasteiger partial charge in [0.25, 0.3) is 0 Å². The van der Waals surface area contributed by atoms with Gasteiger partial charge in [-0.2, -0.15) is 13.2 Å². The van der Waals surface area contributed by atoms with Gasteiger partial charge >= 0.3 is 6.18 Å². The molecule has 98 valence electrons. The number of alkyl halides is 3. The minimum Gasteiger partial charge on any atom is -0.235 e. The number of nitrogens with zero attached hydrogens (tertiary/aromatic N) is 2. The Morgan fingerprint density at radius 2 is 2.06 bits per heavy atom. The van der Waals surface area contributed by atoms with E-state index in [1.54, 1.807) is 6.07 Å². The Morgan fingerprint density at radius 1 is 1.39 bits per heavy atom. The van der Waals surface area contributed by atoms with E-state index in [9.17, 15) is 21.6 Å². The van der Waals surface area contributed by atoms with Crippen molar-refractivity contribution in [3.63, 3.8) is 0 Å². The maximum atomic E-state index is 12.1. The Hall–Kier alpha value is -0.740. The first kappa shape index (κ1) is 13.7. The average molecular weight is 361 g/mol. The lowest BCUT2D eigenvalue weighted by atomic mass is 10.5. The van der Waals surface area contributed by atoms with Crippen LogP contribution in [0.5, 0.6) is 0 Å². The molecule has 0 unspecified atom stereocenters. The summed E-state index contributed by atoms with van der Waals surface area (Å²) in [6.45, 7) is 0. The standard InChI is InChI=1S/C8H4BrF3N2O2S2/c9-4-1-5-6(13-2-4)14-7(17-5)18(15,16)3-8(10,11)12/h1-2H,3H2. The Bertz CT molecular complexity index is 696. The second kappa shape index (κ2) is 4.42. The predicted molar refractivity (Wildman–Crippen MR) is 63.2 cm³/mol. The van der Waals surface area contributed by atoms with Crippen LogP contribution in [0, 0.1) is 0 Å². The summed E-state index contributed by atoms with van der Waals surface area (Å²) in [5.41, 5.74) is 0.115. The highest BCUT2D eigenvalue weighted by atomic mass is 79.9. The molecule has 0 bridgehead atoms. The largest absolute Gasteiger partial charge is 0.403 e. The lowest BCUT2D eigenvalue weighted by Crippen LogP contribution is -2.22. The normalized spacial score (nSPS) is 13.1. The zero-order valence-corrected chi connectivity index (χ0v) is 11.6. The number of hydrogen-bond donors (Lipinski definition) is 0. The Morgan fingerprint density at radius 3 is 2.67 bits per heavy atom. The summed E-state index contributed by atoms with van der Waals surface area (Å²) in [5, 5.41) is 0. The third-order valence-corrected chi connectivity index (χ3v) is 5.38. The van der Waals surface area contributed by atoms with Crippen molar-refractivity contribution in [2.45, 2.75) is 10.5 Å². The highest BCUT2D eigenvalue weighted by Crippen LogP contribution is 2.29. The van der Waals surface area contributed by atoms with Crippen LogP contribution in [0.3, 0.4) is 0 Å². The molecule has 0 saturated carbocycles. The quantitative estimate of drug-likeness (QED) is 0.826. The van der Waals surface area contributed by atoms with Crippen LogP contribution in [-0.4, -0.2) is 30.3 Å². The zero-order chi connectivity index (χ0) is 13.6. The first-order valence-electron chi connectivity index (χ1n) is 4.39. The fraction of sp³-hybridized carbons (Fsp3) is 0.250. The first-order chi connectivity index (χ1) is 8.17. The van der Waals surface area contributed by atoms with Gasteiger partial charge in [-0.05, 0) is 22.0 Å². The van der Waals surface area contributed by atoms with E-state index in [0.29, 0.717) is 20.5 Å². The number of pyridine rings is 1. The fourth-order valence-corrected chi connectivity index (χ4v) is 4.10. The van der Waals surface area contributed by atoms with Gasteiger partial charge in [0, 0.05) is 10.7 Å². The number of rotatable bonds is 2. The maximum absolute atomic E-state index is 12.1. The summed E-state index contributed by atoms with van der Waals surface area (Å²) < 4.78 is 59.8. The molecule has 0 N–H and O–H groups in total. The summed E-state index contributed by atoms with van der Waals surface area (Å²) >= 11 is 3.80. The molecule has 0 saturated heterocycles. The van der Waals surface area contributed by atoms with Gasteiger partial charge in [0.2, 0.25) is 14.2 Å². The van der Waals surface area contributed by atoms with Crippen LogP contribution < -0.4 is 0 Å². The number of halogens is 4. The predicted octanol–water partition coefficient (Wildman–Crippen LogP) is 2.79. The van der Waals surface area contributed by atoms with Gasteiger partial charge in [-0.1, -0.05) is 0 Å². The van der Waals surface area contributed by atoms with E-state index < -0.39 is 26.1 Å². The summed E-state index contributed by atoms with van der Waals surface area (Å²) in [7, 11) is -4.47. The monoisotopic (exact) mass is 360 g/mol. The molecule has 2 aromatic rings. The number of fused-ring (bicyclic) bond motifs is 1. The van der Waals surface area contributed by atoms with Gasteiger partial charge in [0.15, 0.2) is 11.4 Å². The van der Waals surface area contributed by atoms with E-state index in [4.69, 9.17) is 0 Å². The molecule has 2 rings (SSSR count). The molecule has 0 aromatic carbocycles. The first-order valence-corrected chi connectivity index (χ1v) is 7.65. The smallest absolute Gasteiger partial charge is 0.235 e. The molecule has 0 spiro atoms. The van der Waals surface area contributed by atoms with Crippen LogP contribution in [0.1, 0.15) is 0 Å². The highest BCUT2D eigenvalue weighted by Gasteiger charge is 2.37. The summed E-state index contributed by atoms with van der Waals surface area (Å²) in [6, 6.07) is 1.55. The molecule has 0 radical (unpaired) electrons. The lowest BCUT2D eigenvalue weighted by molar-refractivity contribution is -0.106. The highest BCUT2D eigenvalue weighted by molar-refractivity contribution is 9.10. The maximum Gasteiger partial charge on any atom is 0.403 e. The van der Waals surface area contributed by atoms with Gasteiger partial charge in [-0.15, -0.1) is 11.3 Å². The third kappa shape index (κ3) is 2.98. The van der Waals surface area contributed by atoms with E-state index >= 15 is 0 Å². The molecule has 0 aliphatic rings. The van der Waals surface area contributed by atoms with Gasteiger partial charge in [-0.3, -0.25) is 0 Å². The van der Waals surface area contributed by atoms with Crippen molar-refractivity contribution in [1.82, 2.24) is 9.97 Å². The molecule has 2 heterocycles. The summed E-state index contributed by atoms with van der Waals surface area (Å²) in [5.74, 6) is -1.92. The van der Waals surface area contributed by atoms with Crippen LogP contribution >= 0.6 is 27.3 Å². The van der Waals surface area contributed by atoms with Crippen molar-refractivity contribution in [3.8, 4) is 0 Å². The Balaban J connectivity index is 2.48. The second-order valence-corrected chi connectivity index (χ2v) is 7.44. The van der Waals surface area contributed by atoms with Gasteiger partial charge in [-0.25, -0.2) is 18.4 Å².